The van der Waals surface area contributed by atoms with E-state index < -0.39 is 0 Å². The first-order chi connectivity index (χ1) is 12.8. The van der Waals surface area contributed by atoms with E-state index in [9.17, 15) is 4.79 Å². The first-order valence-electron chi connectivity index (χ1n) is 9.13. The number of aryl methyl sites for hydroxylation is 3. The van der Waals surface area contributed by atoms with Gasteiger partial charge in [0.1, 0.15) is 12.2 Å². The maximum atomic E-state index is 12.8. The first kappa shape index (κ1) is 18.8. The smallest absolute Gasteiger partial charge is 0.251 e. The van der Waals surface area contributed by atoms with Crippen LogP contribution in [0.4, 0.5) is 0 Å². The van der Waals surface area contributed by atoms with E-state index in [1.54, 1.807) is 4.68 Å². The quantitative estimate of drug-likeness (QED) is 0.727. The van der Waals surface area contributed by atoms with Crippen molar-refractivity contribution in [2.75, 3.05) is 0 Å². The molecule has 0 fully saturated rings. The predicted octanol–water partition coefficient (Wildman–Crippen LogP) is 3.13. The lowest BCUT2D eigenvalue weighted by atomic mass is 10.0. The molecule has 2 aromatic heterocycles. The standard InChI is InChI=1S/C20H26N6O/c1-13(2)10-18(19-21-12-22-25(19)5)23-20(27)16-6-8-17(9-7-16)26-15(4)11-14(3)24-26/h6-9,11-13,18H,10H2,1-5H3,(H,23,27). The molecule has 0 radical (unpaired) electrons. The number of amides is 1. The Labute approximate surface area is 159 Å². The van der Waals surface area contributed by atoms with Crippen molar-refractivity contribution in [1.82, 2.24) is 29.9 Å². The maximum absolute atomic E-state index is 12.8. The fourth-order valence-electron chi connectivity index (χ4n) is 3.21. The van der Waals surface area contributed by atoms with Gasteiger partial charge < -0.3 is 5.32 Å². The van der Waals surface area contributed by atoms with E-state index in [0.717, 1.165) is 29.3 Å². The summed E-state index contributed by atoms with van der Waals surface area (Å²) in [6, 6.07) is 9.31. The molecule has 3 aromatic rings. The highest BCUT2D eigenvalue weighted by Crippen LogP contribution is 2.20. The largest absolute Gasteiger partial charge is 0.342 e. The van der Waals surface area contributed by atoms with Crippen LogP contribution in [0.25, 0.3) is 5.69 Å². The Morgan fingerprint density at radius 3 is 2.41 bits per heavy atom. The fourth-order valence-corrected chi connectivity index (χ4v) is 3.21. The maximum Gasteiger partial charge on any atom is 0.251 e. The normalized spacial score (nSPS) is 12.4. The molecule has 7 heteroatoms. The van der Waals surface area contributed by atoms with Gasteiger partial charge in [-0.25, -0.2) is 9.67 Å². The second kappa shape index (κ2) is 7.73. The zero-order chi connectivity index (χ0) is 19.6. The Morgan fingerprint density at radius 1 is 1.19 bits per heavy atom. The molecule has 0 spiro atoms. The van der Waals surface area contributed by atoms with Crippen LogP contribution in [-0.4, -0.2) is 30.5 Å². The molecule has 3 rings (SSSR count). The lowest BCUT2D eigenvalue weighted by molar-refractivity contribution is 0.0929. The highest BCUT2D eigenvalue weighted by Gasteiger charge is 2.21. The zero-order valence-corrected chi connectivity index (χ0v) is 16.5. The van der Waals surface area contributed by atoms with Crippen LogP contribution in [0.2, 0.25) is 0 Å². The molecule has 1 atom stereocenters. The molecule has 0 aliphatic rings. The Balaban J connectivity index is 1.78. The van der Waals surface area contributed by atoms with Crippen molar-refractivity contribution in [2.45, 2.75) is 40.2 Å². The minimum atomic E-state index is -0.180. The van der Waals surface area contributed by atoms with Crippen molar-refractivity contribution in [3.8, 4) is 5.69 Å². The van der Waals surface area contributed by atoms with E-state index in [1.807, 2.05) is 55.9 Å². The molecule has 0 aliphatic carbocycles. The average Bonchev–Trinajstić information content (AvgIpc) is 3.18. The first-order valence-corrected chi connectivity index (χ1v) is 9.13. The molecule has 1 aromatic carbocycles. The number of aromatic nitrogens is 5. The summed E-state index contributed by atoms with van der Waals surface area (Å²) in [7, 11) is 1.84. The van der Waals surface area contributed by atoms with E-state index >= 15 is 0 Å². The van der Waals surface area contributed by atoms with Gasteiger partial charge in [-0.1, -0.05) is 13.8 Å². The van der Waals surface area contributed by atoms with E-state index in [4.69, 9.17) is 0 Å². The van der Waals surface area contributed by atoms with Gasteiger partial charge in [-0.15, -0.1) is 0 Å². The fraction of sp³-hybridized carbons (Fsp3) is 0.400. The Kier molecular flexibility index (Phi) is 5.39. The minimum absolute atomic E-state index is 0.122. The van der Waals surface area contributed by atoms with Gasteiger partial charge in [-0.2, -0.15) is 10.2 Å². The van der Waals surface area contributed by atoms with E-state index in [2.05, 4.69) is 34.3 Å². The molecule has 0 bridgehead atoms. The lowest BCUT2D eigenvalue weighted by Gasteiger charge is -2.20. The van der Waals surface area contributed by atoms with Crippen LogP contribution < -0.4 is 5.32 Å². The van der Waals surface area contributed by atoms with Gasteiger partial charge in [0, 0.05) is 18.3 Å². The Bertz CT molecular complexity index is 922. The van der Waals surface area contributed by atoms with Gasteiger partial charge in [-0.3, -0.25) is 9.48 Å². The van der Waals surface area contributed by atoms with Crippen LogP contribution in [0, 0.1) is 19.8 Å². The number of nitrogens with zero attached hydrogens (tertiary/aromatic N) is 5. The summed E-state index contributed by atoms with van der Waals surface area (Å²) in [5.74, 6) is 1.06. The summed E-state index contributed by atoms with van der Waals surface area (Å²) >= 11 is 0. The molecule has 1 N–H and O–H groups in total. The van der Waals surface area contributed by atoms with Crippen molar-refractivity contribution >= 4 is 5.91 Å². The van der Waals surface area contributed by atoms with Crippen LogP contribution in [0.5, 0.6) is 0 Å². The molecule has 0 saturated carbocycles. The lowest BCUT2D eigenvalue weighted by Crippen LogP contribution is -2.31. The van der Waals surface area contributed by atoms with Gasteiger partial charge in [0.25, 0.3) is 5.91 Å². The SMILES string of the molecule is Cc1cc(C)n(-c2ccc(C(=O)NC(CC(C)C)c3ncnn3C)cc2)n1. The highest BCUT2D eigenvalue weighted by molar-refractivity contribution is 5.94. The molecule has 2 heterocycles. The molecule has 0 saturated heterocycles. The second-order valence-corrected chi connectivity index (χ2v) is 7.28. The second-order valence-electron chi connectivity index (χ2n) is 7.28. The Hall–Kier alpha value is -2.96. The van der Waals surface area contributed by atoms with Crippen LogP contribution in [0.3, 0.4) is 0 Å². The number of carbonyl (C=O) groups is 1. The summed E-state index contributed by atoms with van der Waals surface area (Å²) in [5, 5.41) is 11.7. The van der Waals surface area contributed by atoms with Crippen molar-refractivity contribution in [3.63, 3.8) is 0 Å². The van der Waals surface area contributed by atoms with Gasteiger partial charge in [0.2, 0.25) is 0 Å². The highest BCUT2D eigenvalue weighted by atomic mass is 16.1. The van der Waals surface area contributed by atoms with Gasteiger partial charge in [0.15, 0.2) is 0 Å². The Morgan fingerprint density at radius 2 is 1.89 bits per heavy atom. The molecule has 7 nitrogen and oxygen atoms in total. The van der Waals surface area contributed by atoms with Crippen LogP contribution in [-0.2, 0) is 7.05 Å². The predicted molar refractivity (Wildman–Crippen MR) is 104 cm³/mol. The average molecular weight is 366 g/mol. The van der Waals surface area contributed by atoms with Gasteiger partial charge in [-0.05, 0) is 56.5 Å². The summed E-state index contributed by atoms with van der Waals surface area (Å²) in [4.78, 5) is 17.1. The number of carbonyl (C=O) groups excluding carboxylic acids is 1. The monoisotopic (exact) mass is 366 g/mol. The van der Waals surface area contributed by atoms with Gasteiger partial charge in [0.05, 0.1) is 17.4 Å². The van der Waals surface area contributed by atoms with E-state index in [1.165, 1.54) is 6.33 Å². The third-order valence-electron chi connectivity index (χ3n) is 4.45. The van der Waals surface area contributed by atoms with E-state index in [-0.39, 0.29) is 11.9 Å². The minimum Gasteiger partial charge on any atom is -0.342 e. The van der Waals surface area contributed by atoms with Crippen molar-refractivity contribution in [2.24, 2.45) is 13.0 Å². The van der Waals surface area contributed by atoms with Crippen LogP contribution >= 0.6 is 0 Å². The van der Waals surface area contributed by atoms with Gasteiger partial charge >= 0.3 is 0 Å². The third-order valence-corrected chi connectivity index (χ3v) is 4.45. The summed E-state index contributed by atoms with van der Waals surface area (Å²) in [5.41, 5.74) is 3.57. The molecule has 1 unspecified atom stereocenters. The zero-order valence-electron chi connectivity index (χ0n) is 16.5. The van der Waals surface area contributed by atoms with Crippen molar-refractivity contribution < 1.29 is 4.79 Å². The summed E-state index contributed by atoms with van der Waals surface area (Å²) < 4.78 is 3.58. The number of hydrogen-bond donors (Lipinski definition) is 1. The van der Waals surface area contributed by atoms with Crippen LogP contribution in [0.15, 0.2) is 36.7 Å². The third kappa shape index (κ3) is 4.24. The molecule has 0 aliphatic heterocycles. The molecular weight excluding hydrogens is 340 g/mol. The number of hydrogen-bond acceptors (Lipinski definition) is 4. The van der Waals surface area contributed by atoms with Crippen molar-refractivity contribution in [3.05, 3.63) is 59.4 Å². The molecule has 142 valence electrons. The topological polar surface area (TPSA) is 77.6 Å². The van der Waals surface area contributed by atoms with Crippen LogP contribution in [0.1, 0.15) is 53.9 Å². The number of nitrogens with one attached hydrogen (secondary N) is 1. The molecular formula is C20H26N6O. The van der Waals surface area contributed by atoms with Crippen molar-refractivity contribution in [1.29, 1.82) is 0 Å². The number of rotatable bonds is 6. The molecule has 1 amide bonds. The molecule has 27 heavy (non-hydrogen) atoms. The van der Waals surface area contributed by atoms with E-state index in [0.29, 0.717) is 11.5 Å². The summed E-state index contributed by atoms with van der Waals surface area (Å²) in [6.07, 6.45) is 2.31. The number of benzene rings is 1. The summed E-state index contributed by atoms with van der Waals surface area (Å²) in [6.45, 7) is 8.22.